The summed E-state index contributed by atoms with van der Waals surface area (Å²) in [4.78, 5) is 102. The molecule has 1 aromatic carbocycles. The van der Waals surface area contributed by atoms with Crippen LogP contribution in [0.5, 0.6) is 5.75 Å². The van der Waals surface area contributed by atoms with Gasteiger partial charge in [-0.3, -0.25) is 33.6 Å². The van der Waals surface area contributed by atoms with E-state index in [0.717, 1.165) is 48.3 Å². The van der Waals surface area contributed by atoms with E-state index < -0.39 is 158 Å². The van der Waals surface area contributed by atoms with E-state index >= 15 is 0 Å². The largest absolute Gasteiger partial charge is 0.508 e. The molecule has 7 unspecified atom stereocenters. The zero-order valence-corrected chi connectivity index (χ0v) is 61.8. The Bertz CT molecular complexity index is 2640. The minimum Gasteiger partial charge on any atom is -0.508 e. The van der Waals surface area contributed by atoms with Crippen molar-refractivity contribution in [3.8, 4) is 5.75 Å². The Balaban J connectivity index is 1.52. The molecule has 0 spiro atoms. The Morgan fingerprint density at radius 1 is 0.606 bits per heavy atom. The van der Waals surface area contributed by atoms with Crippen LogP contribution in [0.2, 0.25) is 0 Å². The van der Waals surface area contributed by atoms with Gasteiger partial charge in [-0.2, -0.15) is 0 Å². The molecule has 3 heterocycles. The number of methoxy groups -OCH3 is 1. The highest BCUT2D eigenvalue weighted by atomic mass is 16.6. The van der Waals surface area contributed by atoms with Crippen LogP contribution in [0.4, 0.5) is 0 Å². The molecule has 1 aromatic rings. The van der Waals surface area contributed by atoms with Gasteiger partial charge in [0.2, 0.25) is 41.4 Å². The van der Waals surface area contributed by atoms with Gasteiger partial charge in [-0.1, -0.05) is 97.3 Å². The number of aliphatic hydroxyl groups is 7. The Kier molecular flexibility index (Phi) is 44.8. The summed E-state index contributed by atoms with van der Waals surface area (Å²) < 4.78 is 49.8. The van der Waals surface area contributed by atoms with E-state index in [1.807, 2.05) is 0 Å². The van der Waals surface area contributed by atoms with Crippen LogP contribution in [-0.4, -0.2) is 297 Å². The van der Waals surface area contributed by atoms with E-state index in [2.05, 4.69) is 53.9 Å². The number of amides is 7. The molecule has 0 saturated carbocycles. The van der Waals surface area contributed by atoms with Gasteiger partial charge in [0.25, 0.3) is 0 Å². The summed E-state index contributed by atoms with van der Waals surface area (Å²) in [5, 5.41) is 104. The molecule has 3 aliphatic heterocycles. The van der Waals surface area contributed by atoms with Gasteiger partial charge in [-0.05, 0) is 68.6 Å². The molecule has 3 fully saturated rings. The lowest BCUT2D eigenvalue weighted by atomic mass is 9.91. The third-order valence-corrected chi connectivity index (χ3v) is 18.6. The van der Waals surface area contributed by atoms with E-state index in [1.165, 1.54) is 37.6 Å². The summed E-state index contributed by atoms with van der Waals surface area (Å²) >= 11 is 0. The number of nitrogens with two attached hydrogens (primary N) is 1. The van der Waals surface area contributed by atoms with Crippen molar-refractivity contribution in [2.45, 2.75) is 228 Å². The molecule has 7 amide bonds. The molecule has 0 aliphatic carbocycles. The molecule has 4 rings (SSSR count). The van der Waals surface area contributed by atoms with Gasteiger partial charge < -0.3 is 126 Å². The summed E-state index contributed by atoms with van der Waals surface area (Å²) in [5.74, 6) is -6.16. The SMILES string of the molecule is C=C1NC([C@H](O)CC(N)=O)C(=O)N2CC[C@H](O)C2C(=O)N[C@H](OCCCCCCOCCOCCOCCOCCOCCOCCOCCOC)[C@H](O)C[C@H](NC(=O)CCCCCCCCC(C)CC(C)CC)C(=O)NC([C@@H](C)O)C(=O)N2C[C@H](O)CC2C(=O)NC1[C@H](O)[C@@H](O)c1ccc(O)cc1. The highest BCUT2D eigenvalue weighted by molar-refractivity contribution is 5.95. The van der Waals surface area contributed by atoms with Crippen molar-refractivity contribution in [1.82, 2.24) is 36.4 Å². The minimum atomic E-state index is -2.13. The van der Waals surface area contributed by atoms with Crippen LogP contribution in [0.1, 0.15) is 155 Å². The van der Waals surface area contributed by atoms with Crippen LogP contribution in [0.25, 0.3) is 0 Å². The average Bonchev–Trinajstić information content (AvgIpc) is 1.59. The van der Waals surface area contributed by atoms with Crippen LogP contribution in [0.15, 0.2) is 36.5 Å². The number of aliphatic hydroxyl groups excluding tert-OH is 7. The molecule has 32 nitrogen and oxygen atoms in total. The van der Waals surface area contributed by atoms with Crippen LogP contribution in [0, 0.1) is 11.8 Å². The Morgan fingerprint density at radius 2 is 1.12 bits per heavy atom. The van der Waals surface area contributed by atoms with Crippen LogP contribution in [-0.2, 0) is 76.2 Å². The molecule has 0 aromatic heterocycles. The summed E-state index contributed by atoms with van der Waals surface area (Å²) in [6.45, 7) is 17.3. The fraction of sp³-hybridized carbons (Fsp3) is 0.792. The van der Waals surface area contributed by atoms with Crippen molar-refractivity contribution in [3.05, 3.63) is 42.1 Å². The summed E-state index contributed by atoms with van der Waals surface area (Å²) in [6.07, 6.45) is -6.02. The number of nitrogens with zero attached hydrogens (tertiary/aromatic N) is 2. The second-order valence-corrected chi connectivity index (χ2v) is 27.3. The van der Waals surface area contributed by atoms with Crippen molar-refractivity contribution in [2.24, 2.45) is 17.6 Å². The molecule has 596 valence electrons. The van der Waals surface area contributed by atoms with Gasteiger partial charge in [0.1, 0.15) is 54.3 Å². The number of phenols is 1. The number of hydrogen-bond donors (Lipinski definition) is 14. The Labute approximate surface area is 612 Å². The van der Waals surface area contributed by atoms with Gasteiger partial charge >= 0.3 is 0 Å². The summed E-state index contributed by atoms with van der Waals surface area (Å²) in [6, 6.07) is -6.05. The number of phenolic OH excluding ortho intramolecular Hbond substituents is 1. The number of unbranched alkanes of at least 4 members (excludes halogenated alkanes) is 8. The standard InChI is InChI=1S/C72H124N8O24/c1-7-47(2)42-48(3)18-14-10-8-9-11-15-19-60(88)75-54-44-58(86)70(104-27-17-13-12-16-26-97-30-31-99-34-35-101-38-39-103-41-40-102-37-36-100-33-32-98-29-28-96-6)78-69(93)64-56(84)24-25-79(64)72(95)63(57(85)45-59(73)87)74-49(4)61(66(90)65(89)51-20-22-52(82)23-21-51)76-68(92)55-43-53(83)46-80(55)71(94)62(50(5)81)77-67(54)91/h20-23,47-48,50,53-58,61-66,70,74,81-86,89-90H,4,7-19,24-46H2,1-3,5-6H3,(H2,73,87)(H,75,88)(H,76,92)(H,77,91)(H,78,93)/t47?,48?,50-,53-,54+,55?,56+,57-,58-,61?,62?,63?,64?,65+,66+,70-/m1/s1. The first-order chi connectivity index (χ1) is 49.9. The van der Waals surface area contributed by atoms with Gasteiger partial charge in [-0.15, -0.1) is 0 Å². The number of rotatable bonds is 49. The topological polar surface area (TPSA) is 457 Å². The second kappa shape index (κ2) is 51.5. The molecule has 15 N–H and O–H groups in total. The van der Waals surface area contributed by atoms with E-state index in [0.29, 0.717) is 149 Å². The van der Waals surface area contributed by atoms with Gasteiger partial charge in [-0.25, -0.2) is 0 Å². The Hall–Kier alpha value is -5.79. The number of nitrogens with one attached hydrogen (secondary N) is 5. The molecule has 3 saturated heterocycles. The van der Waals surface area contributed by atoms with Crippen LogP contribution in [0.3, 0.4) is 0 Å². The first-order valence-electron chi connectivity index (χ1n) is 37.1. The predicted molar refractivity (Wildman–Crippen MR) is 379 cm³/mol. The second-order valence-electron chi connectivity index (χ2n) is 27.3. The number of carbonyl (C=O) groups is 7. The Morgan fingerprint density at radius 3 is 1.68 bits per heavy atom. The van der Waals surface area contributed by atoms with E-state index in [9.17, 15) is 74.4 Å². The molecular formula is C72H124N8O24. The molecular weight excluding hydrogens is 1360 g/mol. The zero-order valence-electron chi connectivity index (χ0n) is 61.8. The number of benzene rings is 1. The first-order valence-corrected chi connectivity index (χ1v) is 37.1. The van der Waals surface area contributed by atoms with Crippen LogP contribution < -0.4 is 32.3 Å². The van der Waals surface area contributed by atoms with E-state index in [-0.39, 0.29) is 37.3 Å². The monoisotopic (exact) mass is 1480 g/mol. The molecule has 0 radical (unpaired) electrons. The fourth-order valence-corrected chi connectivity index (χ4v) is 12.5. The van der Waals surface area contributed by atoms with Crippen LogP contribution >= 0.6 is 0 Å². The lowest BCUT2D eigenvalue weighted by molar-refractivity contribution is -0.148. The third kappa shape index (κ3) is 34.0. The predicted octanol–water partition coefficient (Wildman–Crippen LogP) is -0.00690. The van der Waals surface area contributed by atoms with E-state index in [1.54, 1.807) is 7.11 Å². The summed E-state index contributed by atoms with van der Waals surface area (Å²) in [5.41, 5.74) is 5.01. The quantitative estimate of drug-likeness (QED) is 0.0382. The highest BCUT2D eigenvalue weighted by Crippen LogP contribution is 2.28. The normalized spacial score (nSPS) is 24.3. The smallest absolute Gasteiger partial charge is 0.248 e. The number of primary amides is 1. The number of carbonyl (C=O) groups excluding carboxylic acids is 7. The van der Waals surface area contributed by atoms with E-state index in [4.69, 9.17) is 48.4 Å². The fourth-order valence-electron chi connectivity index (χ4n) is 12.5. The lowest BCUT2D eigenvalue weighted by Gasteiger charge is -2.36. The highest BCUT2D eigenvalue weighted by Gasteiger charge is 2.48. The molecule has 0 bridgehead atoms. The molecule has 3 aliphatic rings. The number of fused-ring (bicyclic) bond motifs is 2. The minimum absolute atomic E-state index is 0.00328. The maximum atomic E-state index is 15.0. The third-order valence-electron chi connectivity index (χ3n) is 18.6. The van der Waals surface area contributed by atoms with Crippen molar-refractivity contribution in [2.75, 3.05) is 126 Å². The summed E-state index contributed by atoms with van der Waals surface area (Å²) in [7, 11) is 1.62. The lowest BCUT2D eigenvalue weighted by Crippen LogP contribution is -2.62. The first kappa shape index (κ1) is 90.6. The van der Waals surface area contributed by atoms with Crippen molar-refractivity contribution in [1.29, 1.82) is 0 Å². The van der Waals surface area contributed by atoms with Crippen molar-refractivity contribution >= 4 is 41.4 Å². The van der Waals surface area contributed by atoms with Gasteiger partial charge in [0, 0.05) is 58.4 Å². The van der Waals surface area contributed by atoms with Gasteiger partial charge in [0.05, 0.1) is 129 Å². The maximum Gasteiger partial charge on any atom is 0.248 e. The number of hydrogen-bond acceptors (Lipinski definition) is 25. The molecule has 104 heavy (non-hydrogen) atoms. The molecule has 32 heteroatoms. The zero-order chi connectivity index (χ0) is 76.3. The van der Waals surface area contributed by atoms with Gasteiger partial charge in [0.15, 0.2) is 6.23 Å². The van der Waals surface area contributed by atoms with Crippen molar-refractivity contribution < 1.29 is 117 Å². The van der Waals surface area contributed by atoms with Crippen molar-refractivity contribution in [3.63, 3.8) is 0 Å². The number of ether oxygens (including phenoxy) is 9. The average molecular weight is 1490 g/mol. The molecule has 16 atom stereocenters. The number of aromatic hydroxyl groups is 1. The maximum absolute atomic E-state index is 15.0.